The Labute approximate surface area is 87.8 Å². The van der Waals surface area contributed by atoms with Crippen LogP contribution in [0.4, 0.5) is 0 Å². The van der Waals surface area contributed by atoms with Gasteiger partial charge in [0.25, 0.3) is 0 Å². The van der Waals surface area contributed by atoms with Crippen molar-refractivity contribution in [1.82, 2.24) is 0 Å². The topological polar surface area (TPSA) is 77.3 Å². The van der Waals surface area contributed by atoms with Gasteiger partial charge >= 0.3 is 4.87 Å². The van der Waals surface area contributed by atoms with Crippen LogP contribution < -0.4 is 0 Å². The molecule has 0 aromatic heterocycles. The molecule has 1 aromatic rings. The van der Waals surface area contributed by atoms with Crippen LogP contribution in [0.5, 0.6) is 0 Å². The van der Waals surface area contributed by atoms with E-state index in [1.165, 1.54) is 24.3 Å². The number of rotatable bonds is 3. The van der Waals surface area contributed by atoms with Crippen molar-refractivity contribution in [3.8, 4) is 0 Å². The second-order valence-electron chi connectivity index (χ2n) is 3.52. The molecule has 0 unspecified atom stereocenters. The summed E-state index contributed by atoms with van der Waals surface area (Å²) in [6.07, 6.45) is 0. The number of sulfone groups is 1. The van der Waals surface area contributed by atoms with Crippen LogP contribution in [0, 0.1) is 10.1 Å². The lowest BCUT2D eigenvalue weighted by Crippen LogP contribution is -2.40. The highest BCUT2D eigenvalue weighted by Crippen LogP contribution is 2.25. The average molecular weight is 229 g/mol. The van der Waals surface area contributed by atoms with Crippen molar-refractivity contribution in [1.29, 1.82) is 0 Å². The van der Waals surface area contributed by atoms with E-state index in [-0.39, 0.29) is 4.90 Å². The lowest BCUT2D eigenvalue weighted by molar-refractivity contribution is -0.531. The molecule has 0 bridgehead atoms. The van der Waals surface area contributed by atoms with Crippen molar-refractivity contribution in [2.24, 2.45) is 0 Å². The van der Waals surface area contributed by atoms with Crippen molar-refractivity contribution < 1.29 is 13.3 Å². The number of hydrogen-bond donors (Lipinski definition) is 0. The van der Waals surface area contributed by atoms with E-state index in [1.54, 1.807) is 6.07 Å². The molecule has 0 N–H and O–H groups in total. The fourth-order valence-electron chi connectivity index (χ4n) is 0.986. The van der Waals surface area contributed by atoms with Gasteiger partial charge in [-0.25, -0.2) is 8.42 Å². The molecule has 0 aliphatic rings. The van der Waals surface area contributed by atoms with Gasteiger partial charge in [-0.05, 0) is 12.1 Å². The van der Waals surface area contributed by atoms with E-state index < -0.39 is 19.6 Å². The zero-order chi connectivity index (χ0) is 11.7. The predicted octanol–water partition coefficient (Wildman–Crippen LogP) is 1.47. The summed E-state index contributed by atoms with van der Waals surface area (Å²) in [6.45, 7) is 2.16. The third kappa shape index (κ3) is 1.85. The third-order valence-electron chi connectivity index (χ3n) is 2.15. The molecule has 0 spiro atoms. The van der Waals surface area contributed by atoms with E-state index in [4.69, 9.17) is 0 Å². The molecule has 0 fully saturated rings. The molecule has 0 aliphatic carbocycles. The fourth-order valence-corrected chi connectivity index (χ4v) is 2.27. The Morgan fingerprint density at radius 1 is 1.20 bits per heavy atom. The molecule has 0 atom stereocenters. The van der Waals surface area contributed by atoms with Crippen LogP contribution in [0.1, 0.15) is 13.8 Å². The molecule has 1 rings (SSSR count). The maximum Gasteiger partial charge on any atom is 0.317 e. The van der Waals surface area contributed by atoms with Crippen molar-refractivity contribution in [3.63, 3.8) is 0 Å². The molecule has 0 saturated carbocycles. The van der Waals surface area contributed by atoms with Gasteiger partial charge in [0, 0.05) is 18.8 Å². The summed E-state index contributed by atoms with van der Waals surface area (Å²) < 4.78 is 23.7. The Bertz CT molecular complexity index is 464. The zero-order valence-corrected chi connectivity index (χ0v) is 9.19. The van der Waals surface area contributed by atoms with E-state index in [0.717, 1.165) is 13.8 Å². The van der Waals surface area contributed by atoms with Gasteiger partial charge in [0.15, 0.2) is 0 Å². The molecule has 0 amide bonds. The second kappa shape index (κ2) is 3.62. The van der Waals surface area contributed by atoms with Crippen molar-refractivity contribution in [2.75, 3.05) is 0 Å². The zero-order valence-electron chi connectivity index (χ0n) is 8.38. The van der Waals surface area contributed by atoms with E-state index >= 15 is 0 Å². The van der Waals surface area contributed by atoms with Gasteiger partial charge in [-0.1, -0.05) is 18.2 Å². The molecule has 1 aromatic carbocycles. The van der Waals surface area contributed by atoms with E-state index in [9.17, 15) is 18.5 Å². The lowest BCUT2D eigenvalue weighted by Gasteiger charge is -2.15. The summed E-state index contributed by atoms with van der Waals surface area (Å²) in [7, 11) is -3.94. The van der Waals surface area contributed by atoms with Gasteiger partial charge in [0.2, 0.25) is 9.84 Å². The highest BCUT2D eigenvalue weighted by atomic mass is 32.2. The first-order valence-corrected chi connectivity index (χ1v) is 5.72. The highest BCUT2D eigenvalue weighted by Gasteiger charge is 2.47. The molecule has 15 heavy (non-hydrogen) atoms. The van der Waals surface area contributed by atoms with Crippen LogP contribution in [0.15, 0.2) is 35.2 Å². The smallest absolute Gasteiger partial charge is 0.263 e. The van der Waals surface area contributed by atoms with Gasteiger partial charge in [0.1, 0.15) is 0 Å². The van der Waals surface area contributed by atoms with Crippen LogP contribution in [0.3, 0.4) is 0 Å². The Kier molecular flexibility index (Phi) is 2.81. The van der Waals surface area contributed by atoms with E-state index in [0.29, 0.717) is 0 Å². The van der Waals surface area contributed by atoms with Crippen LogP contribution in [-0.2, 0) is 9.84 Å². The molecular formula is C9H11NO4S. The van der Waals surface area contributed by atoms with Crippen LogP contribution in [0.25, 0.3) is 0 Å². The Hall–Kier alpha value is -1.43. The van der Waals surface area contributed by atoms with Gasteiger partial charge < -0.3 is 0 Å². The minimum atomic E-state index is -3.94. The third-order valence-corrected chi connectivity index (χ3v) is 4.51. The first-order chi connectivity index (χ1) is 6.80. The number of nitrogens with zero attached hydrogens (tertiary/aromatic N) is 1. The molecule has 0 heterocycles. The average Bonchev–Trinajstić information content (AvgIpc) is 2.18. The molecular weight excluding hydrogens is 218 g/mol. The number of benzene rings is 1. The number of hydrogen-bond acceptors (Lipinski definition) is 4. The minimum Gasteiger partial charge on any atom is -0.263 e. The summed E-state index contributed by atoms with van der Waals surface area (Å²) in [5, 5.41) is 10.7. The number of nitro groups is 1. The molecule has 0 saturated heterocycles. The first-order valence-electron chi connectivity index (χ1n) is 4.24. The van der Waals surface area contributed by atoms with E-state index in [2.05, 4.69) is 0 Å². The Balaban J connectivity index is 3.33. The van der Waals surface area contributed by atoms with Gasteiger partial charge in [-0.2, -0.15) is 0 Å². The summed E-state index contributed by atoms with van der Waals surface area (Å²) in [5.41, 5.74) is 0. The van der Waals surface area contributed by atoms with Crippen molar-refractivity contribution in [3.05, 3.63) is 40.4 Å². The largest absolute Gasteiger partial charge is 0.317 e. The normalized spacial score (nSPS) is 12.4. The van der Waals surface area contributed by atoms with Crippen LogP contribution >= 0.6 is 0 Å². The molecule has 6 heteroatoms. The summed E-state index contributed by atoms with van der Waals surface area (Å²) in [5.74, 6) is 0. The fraction of sp³-hybridized carbons (Fsp3) is 0.333. The molecule has 5 nitrogen and oxygen atoms in total. The van der Waals surface area contributed by atoms with Gasteiger partial charge in [0.05, 0.1) is 4.90 Å². The Morgan fingerprint density at radius 2 is 1.67 bits per heavy atom. The van der Waals surface area contributed by atoms with E-state index in [1.807, 2.05) is 0 Å². The predicted molar refractivity (Wildman–Crippen MR) is 54.7 cm³/mol. The lowest BCUT2D eigenvalue weighted by atomic mass is 10.4. The second-order valence-corrected chi connectivity index (χ2v) is 6.00. The maximum absolute atomic E-state index is 11.9. The SMILES string of the molecule is CC(C)([N+](=O)[O-])S(=O)(=O)c1ccccc1. The van der Waals surface area contributed by atoms with Crippen LogP contribution in [0.2, 0.25) is 0 Å². The molecule has 82 valence electrons. The van der Waals surface area contributed by atoms with Gasteiger partial charge in [-0.15, -0.1) is 0 Å². The van der Waals surface area contributed by atoms with Gasteiger partial charge in [-0.3, -0.25) is 10.1 Å². The first kappa shape index (κ1) is 11.6. The van der Waals surface area contributed by atoms with Crippen LogP contribution in [-0.4, -0.2) is 18.2 Å². The highest BCUT2D eigenvalue weighted by molar-refractivity contribution is 7.92. The molecule has 0 radical (unpaired) electrons. The minimum absolute atomic E-state index is 0.0355. The maximum atomic E-state index is 11.9. The molecule has 0 aliphatic heterocycles. The summed E-state index contributed by atoms with van der Waals surface area (Å²) >= 11 is 0. The standard InChI is InChI=1S/C9H11NO4S/c1-9(2,10(11)12)15(13,14)8-6-4-3-5-7-8/h3-7H,1-2H3. The summed E-state index contributed by atoms with van der Waals surface area (Å²) in [4.78, 5) is 7.83. The quantitative estimate of drug-likeness (QED) is 0.581. The monoisotopic (exact) mass is 229 g/mol. The summed E-state index contributed by atoms with van der Waals surface area (Å²) in [6, 6.07) is 7.41. The van der Waals surface area contributed by atoms with Crippen molar-refractivity contribution >= 4 is 9.84 Å². The Morgan fingerprint density at radius 3 is 2.07 bits per heavy atom. The van der Waals surface area contributed by atoms with Crippen molar-refractivity contribution in [2.45, 2.75) is 23.6 Å².